The fourth-order valence-corrected chi connectivity index (χ4v) is 2.82. The van der Waals surface area contributed by atoms with E-state index in [1.54, 1.807) is 6.21 Å². The molecule has 0 heterocycles. The van der Waals surface area contributed by atoms with Crippen molar-refractivity contribution in [2.24, 2.45) is 4.99 Å². The van der Waals surface area contributed by atoms with E-state index in [0.717, 1.165) is 22.4 Å². The number of para-hydroxylation sites is 1. The molecule has 0 saturated carbocycles. The molecule has 0 atom stereocenters. The summed E-state index contributed by atoms with van der Waals surface area (Å²) in [5, 5.41) is 10.4. The summed E-state index contributed by atoms with van der Waals surface area (Å²) in [5.74, 6) is 0.317. The molecule has 0 aromatic heterocycles. The van der Waals surface area contributed by atoms with Gasteiger partial charge in [0, 0.05) is 15.3 Å². The highest BCUT2D eigenvalue weighted by molar-refractivity contribution is 14.1. The highest BCUT2D eigenvalue weighted by atomic mass is 127. The van der Waals surface area contributed by atoms with Crippen LogP contribution in [-0.2, 0) is 5.41 Å². The summed E-state index contributed by atoms with van der Waals surface area (Å²) in [5.41, 5.74) is 3.65. The Bertz CT molecular complexity index is 684. The molecule has 110 valence electrons. The summed E-state index contributed by atoms with van der Waals surface area (Å²) in [6, 6.07) is 11.9. The Morgan fingerprint density at radius 1 is 1.14 bits per heavy atom. The lowest BCUT2D eigenvalue weighted by Gasteiger charge is -2.21. The Morgan fingerprint density at radius 2 is 1.86 bits per heavy atom. The molecule has 2 nitrogen and oxygen atoms in total. The van der Waals surface area contributed by atoms with Crippen molar-refractivity contribution in [2.75, 3.05) is 0 Å². The average molecular weight is 393 g/mol. The van der Waals surface area contributed by atoms with Crippen molar-refractivity contribution >= 4 is 34.5 Å². The van der Waals surface area contributed by atoms with Crippen LogP contribution < -0.4 is 0 Å². The van der Waals surface area contributed by atoms with Gasteiger partial charge in [0.1, 0.15) is 5.75 Å². The van der Waals surface area contributed by atoms with Gasteiger partial charge in [-0.3, -0.25) is 4.99 Å². The van der Waals surface area contributed by atoms with E-state index < -0.39 is 0 Å². The first-order valence-corrected chi connectivity index (χ1v) is 7.99. The average Bonchev–Trinajstić information content (AvgIpc) is 2.38. The van der Waals surface area contributed by atoms with Crippen LogP contribution in [0.3, 0.4) is 0 Å². The molecule has 3 heteroatoms. The third-order valence-electron chi connectivity index (χ3n) is 3.38. The normalized spacial score (nSPS) is 12.0. The summed E-state index contributed by atoms with van der Waals surface area (Å²) in [4.78, 5) is 4.51. The van der Waals surface area contributed by atoms with Crippen LogP contribution in [0.1, 0.15) is 37.5 Å². The van der Waals surface area contributed by atoms with E-state index in [0.29, 0.717) is 5.75 Å². The molecule has 0 bridgehead atoms. The molecule has 1 N–H and O–H groups in total. The number of phenolic OH excluding ortho intramolecular Hbond substituents is 1. The van der Waals surface area contributed by atoms with Gasteiger partial charge in [-0.05, 0) is 70.3 Å². The van der Waals surface area contributed by atoms with E-state index >= 15 is 0 Å². The van der Waals surface area contributed by atoms with Gasteiger partial charge in [-0.2, -0.15) is 0 Å². The van der Waals surface area contributed by atoms with Crippen LogP contribution in [0, 0.1) is 10.5 Å². The number of nitrogens with zero attached hydrogens (tertiary/aromatic N) is 1. The van der Waals surface area contributed by atoms with Gasteiger partial charge < -0.3 is 5.11 Å². The number of rotatable bonds is 2. The first-order chi connectivity index (χ1) is 9.79. The molecule has 0 unspecified atom stereocenters. The summed E-state index contributed by atoms with van der Waals surface area (Å²) >= 11 is 2.29. The van der Waals surface area contributed by atoms with Gasteiger partial charge in [0.25, 0.3) is 0 Å². The predicted octanol–water partition coefficient (Wildman–Crippen LogP) is 5.35. The minimum atomic E-state index is -0.0906. The molecule has 0 saturated heterocycles. The lowest BCUT2D eigenvalue weighted by Crippen LogP contribution is -2.11. The van der Waals surface area contributed by atoms with Gasteiger partial charge in [0.05, 0.1) is 5.69 Å². The Balaban J connectivity index is 2.38. The van der Waals surface area contributed by atoms with Crippen LogP contribution in [0.15, 0.2) is 41.4 Å². The Morgan fingerprint density at radius 3 is 2.48 bits per heavy atom. The summed E-state index contributed by atoms with van der Waals surface area (Å²) in [6.07, 6.45) is 1.74. The molecule has 2 aromatic carbocycles. The zero-order valence-electron chi connectivity index (χ0n) is 12.8. The zero-order valence-corrected chi connectivity index (χ0v) is 15.0. The van der Waals surface area contributed by atoms with Crippen LogP contribution in [0.25, 0.3) is 0 Å². The van der Waals surface area contributed by atoms with Gasteiger partial charge in [0.2, 0.25) is 0 Å². The molecule has 0 amide bonds. The van der Waals surface area contributed by atoms with Crippen molar-refractivity contribution in [3.8, 4) is 5.75 Å². The van der Waals surface area contributed by atoms with Gasteiger partial charge in [-0.25, -0.2) is 0 Å². The SMILES string of the molecule is Cc1cc(I)ccc1N=Cc1cccc(C(C)(C)C)c1O. The second-order valence-electron chi connectivity index (χ2n) is 6.18. The number of phenols is 1. The lowest BCUT2D eigenvalue weighted by atomic mass is 9.85. The van der Waals surface area contributed by atoms with Crippen molar-refractivity contribution in [2.45, 2.75) is 33.1 Å². The smallest absolute Gasteiger partial charge is 0.128 e. The number of aromatic hydroxyl groups is 1. The van der Waals surface area contributed by atoms with Gasteiger partial charge in [-0.15, -0.1) is 0 Å². The lowest BCUT2D eigenvalue weighted by molar-refractivity contribution is 0.446. The van der Waals surface area contributed by atoms with Crippen LogP contribution in [0.4, 0.5) is 5.69 Å². The maximum atomic E-state index is 10.4. The molecular formula is C18H20INO. The summed E-state index contributed by atoms with van der Waals surface area (Å²) < 4.78 is 1.20. The van der Waals surface area contributed by atoms with Crippen molar-refractivity contribution in [3.63, 3.8) is 0 Å². The highest BCUT2D eigenvalue weighted by Gasteiger charge is 2.19. The van der Waals surface area contributed by atoms with Crippen LogP contribution in [0.5, 0.6) is 5.75 Å². The van der Waals surface area contributed by atoms with E-state index in [9.17, 15) is 5.11 Å². The second-order valence-corrected chi connectivity index (χ2v) is 7.43. The standard InChI is InChI=1S/C18H20INO/c1-12-10-14(19)8-9-16(12)20-11-13-6-5-7-15(17(13)21)18(2,3)4/h5-11,21H,1-4H3. The molecule has 21 heavy (non-hydrogen) atoms. The number of aryl methyl sites for hydroxylation is 1. The number of aliphatic imine (C=N–C) groups is 1. The third-order valence-corrected chi connectivity index (χ3v) is 4.05. The van der Waals surface area contributed by atoms with Crippen molar-refractivity contribution < 1.29 is 5.11 Å². The van der Waals surface area contributed by atoms with Crippen molar-refractivity contribution in [1.82, 2.24) is 0 Å². The van der Waals surface area contributed by atoms with Gasteiger partial charge in [0.15, 0.2) is 0 Å². The molecule has 0 aliphatic rings. The van der Waals surface area contributed by atoms with Crippen LogP contribution in [0.2, 0.25) is 0 Å². The fourth-order valence-electron chi connectivity index (χ4n) is 2.17. The molecule has 0 aliphatic heterocycles. The van der Waals surface area contributed by atoms with E-state index in [2.05, 4.69) is 54.4 Å². The number of halogens is 1. The highest BCUT2D eigenvalue weighted by Crippen LogP contribution is 2.32. The minimum absolute atomic E-state index is 0.0906. The number of benzene rings is 2. The molecule has 0 fully saturated rings. The summed E-state index contributed by atoms with van der Waals surface area (Å²) in [6.45, 7) is 8.31. The van der Waals surface area contributed by atoms with E-state index in [-0.39, 0.29) is 5.41 Å². The monoisotopic (exact) mass is 393 g/mol. The van der Waals surface area contributed by atoms with Gasteiger partial charge in [-0.1, -0.05) is 32.9 Å². The first-order valence-electron chi connectivity index (χ1n) is 6.92. The fraction of sp³-hybridized carbons (Fsp3) is 0.278. The van der Waals surface area contributed by atoms with Crippen molar-refractivity contribution in [1.29, 1.82) is 0 Å². The molecule has 2 aromatic rings. The zero-order chi connectivity index (χ0) is 15.6. The number of hydrogen-bond acceptors (Lipinski definition) is 2. The largest absolute Gasteiger partial charge is 0.507 e. The second kappa shape index (κ2) is 6.18. The molecule has 2 rings (SSSR count). The van der Waals surface area contributed by atoms with E-state index in [1.165, 1.54) is 3.57 Å². The number of hydrogen-bond donors (Lipinski definition) is 1. The Labute approximate surface area is 140 Å². The van der Waals surface area contributed by atoms with E-state index in [1.807, 2.05) is 37.3 Å². The quantitative estimate of drug-likeness (QED) is 0.541. The van der Waals surface area contributed by atoms with Crippen LogP contribution in [-0.4, -0.2) is 11.3 Å². The molecule has 0 spiro atoms. The van der Waals surface area contributed by atoms with Gasteiger partial charge >= 0.3 is 0 Å². The maximum Gasteiger partial charge on any atom is 0.128 e. The molecule has 0 radical (unpaired) electrons. The summed E-state index contributed by atoms with van der Waals surface area (Å²) in [7, 11) is 0. The van der Waals surface area contributed by atoms with Crippen LogP contribution >= 0.6 is 22.6 Å². The maximum absolute atomic E-state index is 10.4. The Kier molecular flexibility index (Phi) is 4.71. The van der Waals surface area contributed by atoms with E-state index in [4.69, 9.17) is 0 Å². The topological polar surface area (TPSA) is 32.6 Å². The molecular weight excluding hydrogens is 373 g/mol. The van der Waals surface area contributed by atoms with Crippen molar-refractivity contribution in [3.05, 3.63) is 56.7 Å². The minimum Gasteiger partial charge on any atom is -0.507 e. The predicted molar refractivity (Wildman–Crippen MR) is 98.0 cm³/mol. The Hall–Kier alpha value is -1.36. The molecule has 0 aliphatic carbocycles. The third kappa shape index (κ3) is 3.84. The first kappa shape index (κ1) is 16.0.